The minimum Gasteiger partial charge on any atom is -0.461 e. The van der Waals surface area contributed by atoms with Gasteiger partial charge in [-0.2, -0.15) is 0 Å². The van der Waals surface area contributed by atoms with Crippen LogP contribution >= 0.6 is 0 Å². The molecule has 2 N–H and O–H groups in total. The van der Waals surface area contributed by atoms with E-state index in [0.717, 1.165) is 24.9 Å². The summed E-state index contributed by atoms with van der Waals surface area (Å²) in [6.45, 7) is 4.88. The lowest BCUT2D eigenvalue weighted by molar-refractivity contribution is 0.288. The van der Waals surface area contributed by atoms with Crippen LogP contribution in [0, 0.1) is 0 Å². The fraction of sp³-hybridized carbons (Fsp3) is 1.00. The van der Waals surface area contributed by atoms with Crippen molar-refractivity contribution in [1.82, 2.24) is 0 Å². The zero-order chi connectivity index (χ0) is 10.2. The van der Waals surface area contributed by atoms with E-state index < -0.39 is 8.32 Å². The molecule has 80 valence electrons. The molecule has 13 heavy (non-hydrogen) atoms. The molecule has 0 unspecified atom stereocenters. The molecular formula is C8H22O3Si2. The number of rotatable bonds is 8. The van der Waals surface area contributed by atoms with Gasteiger partial charge in [0.05, 0.1) is 0 Å². The Kier molecular flexibility index (Phi) is 7.88. The smallest absolute Gasteiger partial charge is 0.176 e. The van der Waals surface area contributed by atoms with Gasteiger partial charge in [-0.1, -0.05) is 6.55 Å². The van der Waals surface area contributed by atoms with E-state index in [2.05, 4.69) is 13.1 Å². The Morgan fingerprint density at radius 3 is 1.92 bits per heavy atom. The lowest BCUT2D eigenvalue weighted by Crippen LogP contribution is -2.35. The first kappa shape index (κ1) is 13.3. The minimum atomic E-state index is -1.55. The molecule has 0 spiro atoms. The first-order valence-corrected chi connectivity index (χ1v) is 9.85. The van der Waals surface area contributed by atoms with Crippen molar-refractivity contribution in [3.8, 4) is 0 Å². The quantitative estimate of drug-likeness (QED) is 0.587. The lowest BCUT2D eigenvalue weighted by Gasteiger charge is -2.27. The van der Waals surface area contributed by atoms with Crippen LogP contribution in [0.5, 0.6) is 0 Å². The van der Waals surface area contributed by atoms with Gasteiger partial charge in [-0.3, -0.25) is 0 Å². The minimum absolute atomic E-state index is 0.260. The molecule has 0 fully saturated rings. The molecule has 0 saturated heterocycles. The van der Waals surface area contributed by atoms with Crippen molar-refractivity contribution < 1.29 is 14.3 Å². The molecule has 0 radical (unpaired) electrons. The molecule has 0 aromatic rings. The fourth-order valence-electron chi connectivity index (χ4n) is 1.52. The third-order valence-electron chi connectivity index (χ3n) is 2.22. The van der Waals surface area contributed by atoms with Gasteiger partial charge in [0, 0.05) is 13.2 Å². The Balaban J connectivity index is 3.84. The van der Waals surface area contributed by atoms with Gasteiger partial charge < -0.3 is 14.3 Å². The van der Waals surface area contributed by atoms with Gasteiger partial charge >= 0.3 is 0 Å². The van der Waals surface area contributed by atoms with Gasteiger partial charge in [0.15, 0.2) is 8.32 Å². The largest absolute Gasteiger partial charge is 0.461 e. The van der Waals surface area contributed by atoms with Crippen LogP contribution in [0.1, 0.15) is 12.8 Å². The van der Waals surface area contributed by atoms with E-state index in [1.165, 1.54) is 0 Å². The topological polar surface area (TPSA) is 49.7 Å². The van der Waals surface area contributed by atoms with Gasteiger partial charge in [0.25, 0.3) is 0 Å². The summed E-state index contributed by atoms with van der Waals surface area (Å²) < 4.78 is 5.89. The molecule has 5 heteroatoms. The van der Waals surface area contributed by atoms with Crippen molar-refractivity contribution >= 4 is 18.1 Å². The Hall–Kier alpha value is 0.314. The van der Waals surface area contributed by atoms with Crippen LogP contribution in [0.3, 0.4) is 0 Å². The molecule has 0 aromatic carbocycles. The maximum Gasteiger partial charge on any atom is 0.176 e. The first-order valence-electron chi connectivity index (χ1n) is 5.04. The fourth-order valence-corrected chi connectivity index (χ4v) is 7.53. The molecule has 0 rings (SSSR count). The number of hydrogen-bond donors (Lipinski definition) is 2. The van der Waals surface area contributed by atoms with E-state index in [9.17, 15) is 0 Å². The SMILES string of the molecule is C[SiH2]O[Si](C)(CCCO)CCCO. The summed E-state index contributed by atoms with van der Waals surface area (Å²) in [4.78, 5) is 0. The van der Waals surface area contributed by atoms with Crippen LogP contribution in [-0.4, -0.2) is 41.5 Å². The predicted molar refractivity (Wildman–Crippen MR) is 60.1 cm³/mol. The Bertz CT molecular complexity index is 114. The molecule has 0 heterocycles. The second-order valence-electron chi connectivity index (χ2n) is 3.54. The first-order chi connectivity index (χ1) is 6.18. The van der Waals surface area contributed by atoms with Crippen molar-refractivity contribution in [3.63, 3.8) is 0 Å². The molecular weight excluding hydrogens is 200 g/mol. The average molecular weight is 222 g/mol. The number of aliphatic hydroxyl groups is 2. The van der Waals surface area contributed by atoms with Crippen molar-refractivity contribution in [2.24, 2.45) is 0 Å². The highest BCUT2D eigenvalue weighted by Gasteiger charge is 2.26. The number of aliphatic hydroxyl groups excluding tert-OH is 2. The monoisotopic (exact) mass is 222 g/mol. The van der Waals surface area contributed by atoms with Gasteiger partial charge in [-0.15, -0.1) is 0 Å². The van der Waals surface area contributed by atoms with Crippen molar-refractivity contribution in [2.45, 2.75) is 38.0 Å². The van der Waals surface area contributed by atoms with E-state index in [-0.39, 0.29) is 23.0 Å². The molecule has 0 atom stereocenters. The zero-order valence-electron chi connectivity index (χ0n) is 8.75. The molecule has 0 aliphatic carbocycles. The van der Waals surface area contributed by atoms with Crippen molar-refractivity contribution in [2.75, 3.05) is 13.2 Å². The predicted octanol–water partition coefficient (Wildman–Crippen LogP) is 0.475. The second kappa shape index (κ2) is 7.69. The summed E-state index contributed by atoms with van der Waals surface area (Å²) in [6, 6.07) is 2.06. The summed E-state index contributed by atoms with van der Waals surface area (Å²) in [5.74, 6) is 0. The van der Waals surface area contributed by atoms with E-state index in [1.54, 1.807) is 0 Å². The summed E-state index contributed by atoms with van der Waals surface area (Å²) in [5, 5.41) is 17.5. The zero-order valence-corrected chi connectivity index (χ0v) is 11.2. The van der Waals surface area contributed by atoms with E-state index in [4.69, 9.17) is 14.3 Å². The molecule has 0 aromatic heterocycles. The summed E-state index contributed by atoms with van der Waals surface area (Å²) in [5.41, 5.74) is 0. The van der Waals surface area contributed by atoms with Crippen LogP contribution in [0.25, 0.3) is 0 Å². The van der Waals surface area contributed by atoms with Gasteiger partial charge in [-0.05, 0) is 31.5 Å². The summed E-state index contributed by atoms with van der Waals surface area (Å²) in [7, 11) is -1.90. The number of hydrogen-bond acceptors (Lipinski definition) is 3. The van der Waals surface area contributed by atoms with Gasteiger partial charge in [0.2, 0.25) is 0 Å². The molecule has 0 bridgehead atoms. The maximum atomic E-state index is 8.75. The Labute approximate surface area is 84.2 Å². The summed E-state index contributed by atoms with van der Waals surface area (Å²) >= 11 is 0. The van der Waals surface area contributed by atoms with Crippen molar-refractivity contribution in [3.05, 3.63) is 0 Å². The lowest BCUT2D eigenvalue weighted by atomic mass is 10.5. The van der Waals surface area contributed by atoms with Crippen LogP contribution in [0.15, 0.2) is 0 Å². The molecule has 3 nitrogen and oxygen atoms in total. The van der Waals surface area contributed by atoms with E-state index in [0.29, 0.717) is 0 Å². The molecule has 0 saturated carbocycles. The molecule has 0 amide bonds. The Morgan fingerprint density at radius 2 is 1.62 bits per heavy atom. The highest BCUT2D eigenvalue weighted by molar-refractivity contribution is 6.76. The third-order valence-corrected chi connectivity index (χ3v) is 8.99. The highest BCUT2D eigenvalue weighted by atomic mass is 28.4. The maximum absolute atomic E-state index is 8.75. The van der Waals surface area contributed by atoms with Crippen LogP contribution in [0.2, 0.25) is 25.2 Å². The third kappa shape index (κ3) is 6.39. The van der Waals surface area contributed by atoms with E-state index in [1.807, 2.05) is 0 Å². The van der Waals surface area contributed by atoms with Crippen LogP contribution in [-0.2, 0) is 4.12 Å². The summed E-state index contributed by atoms with van der Waals surface area (Å²) in [6.07, 6.45) is 1.70. The van der Waals surface area contributed by atoms with Crippen LogP contribution < -0.4 is 0 Å². The van der Waals surface area contributed by atoms with Gasteiger partial charge in [-0.25, -0.2) is 0 Å². The normalized spacial score (nSPS) is 12.9. The van der Waals surface area contributed by atoms with Crippen LogP contribution in [0.4, 0.5) is 0 Å². The molecule has 0 aliphatic rings. The van der Waals surface area contributed by atoms with Crippen molar-refractivity contribution in [1.29, 1.82) is 0 Å². The van der Waals surface area contributed by atoms with Gasteiger partial charge in [0.1, 0.15) is 9.76 Å². The standard InChI is InChI=1S/C8H22O3Si2/c1-12-11-13(2,7-3-5-9)8-4-6-10/h9-10H,3-8,12H2,1-2H3. The van der Waals surface area contributed by atoms with E-state index >= 15 is 0 Å². The highest BCUT2D eigenvalue weighted by Crippen LogP contribution is 2.20. The average Bonchev–Trinajstić information content (AvgIpc) is 2.12. The second-order valence-corrected chi connectivity index (χ2v) is 9.17. The molecule has 0 aliphatic heterocycles. The Morgan fingerprint density at radius 1 is 1.15 bits per heavy atom.